The van der Waals surface area contributed by atoms with Crippen molar-refractivity contribution < 1.29 is 0 Å². The van der Waals surface area contributed by atoms with Gasteiger partial charge < -0.3 is 0 Å². The van der Waals surface area contributed by atoms with Gasteiger partial charge in [-0.25, -0.2) is 5.10 Å². The topological polar surface area (TPSA) is 67.8 Å². The van der Waals surface area contributed by atoms with Crippen molar-refractivity contribution in [3.8, 4) is 0 Å². The quantitative estimate of drug-likeness (QED) is 0.507. The minimum absolute atomic E-state index is 0.468. The molecule has 0 spiro atoms. The molecule has 0 aliphatic rings. The summed E-state index contributed by atoms with van der Waals surface area (Å²) in [5.74, 6) is 0. The fraction of sp³-hybridized carbons (Fsp3) is 0.400. The number of aryl methyl sites for hydroxylation is 1. The summed E-state index contributed by atoms with van der Waals surface area (Å²) in [6, 6.07) is 0. The molecule has 0 atom stereocenters. The van der Waals surface area contributed by atoms with Gasteiger partial charge in [-0.2, -0.15) is 5.10 Å². The Bertz CT molecular complexity index is 324. The lowest BCUT2D eigenvalue weighted by molar-refractivity contribution is 0.669. The molecule has 0 fully saturated rings. The number of aromatic amines is 1. The molecule has 1 rings (SSSR count). The predicted octanol–water partition coefficient (Wildman–Crippen LogP) is -1.05. The molecule has 1 N–H and O–H groups in total. The van der Waals surface area contributed by atoms with Crippen molar-refractivity contribution >= 4 is 0 Å². The third-order valence-electron chi connectivity index (χ3n) is 1.16. The van der Waals surface area contributed by atoms with Crippen LogP contribution in [0, 0.1) is 0 Å². The van der Waals surface area contributed by atoms with Gasteiger partial charge in [0.2, 0.25) is 0 Å². The van der Waals surface area contributed by atoms with E-state index in [1.807, 2.05) is 5.10 Å². The molecule has 0 bridgehead atoms. The van der Waals surface area contributed by atoms with Crippen molar-refractivity contribution in [2.75, 3.05) is 0 Å². The van der Waals surface area contributed by atoms with Gasteiger partial charge in [-0.05, 0) is 6.92 Å². The summed E-state index contributed by atoms with van der Waals surface area (Å²) in [7, 11) is 0. The SMILES string of the molecule is CCn1cn[nH]c(=O)c1=O. The van der Waals surface area contributed by atoms with Crippen LogP contribution in [0.3, 0.4) is 0 Å². The van der Waals surface area contributed by atoms with Crippen molar-refractivity contribution in [3.63, 3.8) is 0 Å². The highest BCUT2D eigenvalue weighted by molar-refractivity contribution is 4.73. The summed E-state index contributed by atoms with van der Waals surface area (Å²) in [5.41, 5.74) is -1.23. The van der Waals surface area contributed by atoms with Gasteiger partial charge in [-0.15, -0.1) is 0 Å². The van der Waals surface area contributed by atoms with Crippen molar-refractivity contribution in [1.29, 1.82) is 0 Å². The molecule has 1 aromatic rings. The summed E-state index contributed by atoms with van der Waals surface area (Å²) in [5, 5.41) is 5.48. The Kier molecular flexibility index (Phi) is 1.66. The van der Waals surface area contributed by atoms with Crippen LogP contribution in [-0.2, 0) is 6.54 Å². The van der Waals surface area contributed by atoms with Gasteiger partial charge in [0, 0.05) is 6.54 Å². The molecule has 0 aromatic carbocycles. The van der Waals surface area contributed by atoms with E-state index in [0.717, 1.165) is 0 Å². The largest absolute Gasteiger partial charge is 0.330 e. The van der Waals surface area contributed by atoms with Gasteiger partial charge in [-0.1, -0.05) is 0 Å². The number of nitrogens with one attached hydrogen (secondary N) is 1. The van der Waals surface area contributed by atoms with E-state index in [1.54, 1.807) is 6.92 Å². The van der Waals surface area contributed by atoms with Crippen molar-refractivity contribution in [3.05, 3.63) is 27.0 Å². The lowest BCUT2D eigenvalue weighted by Gasteiger charge is -1.94. The first-order valence-electron chi connectivity index (χ1n) is 2.90. The van der Waals surface area contributed by atoms with E-state index in [1.165, 1.54) is 10.9 Å². The van der Waals surface area contributed by atoms with Crippen LogP contribution in [0.15, 0.2) is 15.9 Å². The van der Waals surface area contributed by atoms with E-state index in [2.05, 4.69) is 5.10 Å². The third-order valence-corrected chi connectivity index (χ3v) is 1.16. The Morgan fingerprint density at radius 1 is 1.70 bits per heavy atom. The third kappa shape index (κ3) is 0.975. The second-order valence-corrected chi connectivity index (χ2v) is 1.78. The molecule has 54 valence electrons. The van der Waals surface area contributed by atoms with Crippen LogP contribution >= 0.6 is 0 Å². The summed E-state index contributed by atoms with van der Waals surface area (Å²) in [6.07, 6.45) is 1.30. The highest BCUT2D eigenvalue weighted by Crippen LogP contribution is 1.67. The van der Waals surface area contributed by atoms with Crippen molar-refractivity contribution in [2.24, 2.45) is 0 Å². The minimum atomic E-state index is -0.677. The summed E-state index contributed by atoms with van der Waals surface area (Å²) >= 11 is 0. The average Bonchev–Trinajstić information content (AvgIpc) is 1.95. The van der Waals surface area contributed by atoms with Crippen LogP contribution in [0.5, 0.6) is 0 Å². The smallest absolute Gasteiger partial charge is 0.293 e. The second kappa shape index (κ2) is 2.47. The number of H-pyrrole nitrogens is 1. The Labute approximate surface area is 56.3 Å². The molecule has 0 amide bonds. The molecule has 5 heteroatoms. The van der Waals surface area contributed by atoms with Crippen LogP contribution in [0.4, 0.5) is 0 Å². The van der Waals surface area contributed by atoms with Gasteiger partial charge >= 0.3 is 11.1 Å². The Morgan fingerprint density at radius 3 is 2.90 bits per heavy atom. The molecule has 1 heterocycles. The zero-order valence-electron chi connectivity index (χ0n) is 5.50. The van der Waals surface area contributed by atoms with E-state index in [4.69, 9.17) is 0 Å². The molecular weight excluding hydrogens is 134 g/mol. The molecule has 0 unspecified atom stereocenters. The van der Waals surface area contributed by atoms with E-state index < -0.39 is 11.1 Å². The van der Waals surface area contributed by atoms with Crippen molar-refractivity contribution in [2.45, 2.75) is 13.5 Å². The van der Waals surface area contributed by atoms with E-state index >= 15 is 0 Å². The molecule has 0 saturated carbocycles. The van der Waals surface area contributed by atoms with Crippen LogP contribution in [0.2, 0.25) is 0 Å². The summed E-state index contributed by atoms with van der Waals surface area (Å²) in [4.78, 5) is 21.3. The molecule has 0 saturated heterocycles. The number of aromatic nitrogens is 3. The molecule has 5 nitrogen and oxygen atoms in total. The zero-order chi connectivity index (χ0) is 7.56. The zero-order valence-corrected chi connectivity index (χ0v) is 5.50. The fourth-order valence-electron chi connectivity index (χ4n) is 0.613. The molecule has 10 heavy (non-hydrogen) atoms. The highest BCUT2D eigenvalue weighted by Gasteiger charge is 1.94. The van der Waals surface area contributed by atoms with Crippen LogP contribution in [0.1, 0.15) is 6.92 Å². The summed E-state index contributed by atoms with van der Waals surface area (Å²) < 4.78 is 1.23. The van der Waals surface area contributed by atoms with Gasteiger partial charge in [0.25, 0.3) is 0 Å². The predicted molar refractivity (Wildman–Crippen MR) is 34.8 cm³/mol. The lowest BCUT2D eigenvalue weighted by atomic mass is 10.7. The fourth-order valence-corrected chi connectivity index (χ4v) is 0.613. The first kappa shape index (κ1) is 6.73. The number of hydrogen-bond acceptors (Lipinski definition) is 3. The van der Waals surface area contributed by atoms with Crippen LogP contribution < -0.4 is 11.1 Å². The monoisotopic (exact) mass is 141 g/mol. The normalized spacial score (nSPS) is 9.70. The van der Waals surface area contributed by atoms with Gasteiger partial charge in [0.15, 0.2) is 0 Å². The highest BCUT2D eigenvalue weighted by atomic mass is 16.2. The van der Waals surface area contributed by atoms with E-state index in [0.29, 0.717) is 6.54 Å². The Balaban J connectivity index is 3.43. The lowest BCUT2D eigenvalue weighted by Crippen LogP contribution is -2.36. The Hall–Kier alpha value is -1.39. The van der Waals surface area contributed by atoms with Crippen molar-refractivity contribution in [1.82, 2.24) is 14.8 Å². The number of nitrogens with zero attached hydrogens (tertiary/aromatic N) is 2. The second-order valence-electron chi connectivity index (χ2n) is 1.78. The molecule has 0 radical (unpaired) electrons. The number of rotatable bonds is 1. The molecular formula is C5H7N3O2. The number of hydrogen-bond donors (Lipinski definition) is 1. The average molecular weight is 141 g/mol. The maximum absolute atomic E-state index is 10.8. The molecule has 1 aromatic heterocycles. The van der Waals surface area contributed by atoms with Gasteiger partial charge in [0.05, 0.1) is 0 Å². The maximum Gasteiger partial charge on any atom is 0.330 e. The summed E-state index contributed by atoms with van der Waals surface area (Å²) in [6.45, 7) is 2.23. The van der Waals surface area contributed by atoms with E-state index in [9.17, 15) is 9.59 Å². The van der Waals surface area contributed by atoms with Gasteiger partial charge in [-0.3, -0.25) is 14.2 Å². The molecule has 0 aliphatic heterocycles. The molecule has 0 aliphatic carbocycles. The maximum atomic E-state index is 10.8. The standard InChI is InChI=1S/C5H7N3O2/c1-2-8-3-6-7-4(9)5(8)10/h3H,2H2,1H3,(H,7,9). The van der Waals surface area contributed by atoms with Crippen LogP contribution in [0.25, 0.3) is 0 Å². The minimum Gasteiger partial charge on any atom is -0.293 e. The van der Waals surface area contributed by atoms with Gasteiger partial charge in [0.1, 0.15) is 6.33 Å². The Morgan fingerprint density at radius 2 is 2.40 bits per heavy atom. The first-order chi connectivity index (χ1) is 4.75. The van der Waals surface area contributed by atoms with Crippen LogP contribution in [-0.4, -0.2) is 14.8 Å². The first-order valence-corrected chi connectivity index (χ1v) is 2.90. The van der Waals surface area contributed by atoms with E-state index in [-0.39, 0.29) is 0 Å².